The van der Waals surface area contributed by atoms with Crippen molar-refractivity contribution in [1.29, 1.82) is 0 Å². The van der Waals surface area contributed by atoms with E-state index in [1.54, 1.807) is 25.9 Å². The highest BCUT2D eigenvalue weighted by Crippen LogP contribution is 2.20. The van der Waals surface area contributed by atoms with E-state index in [1.165, 1.54) is 0 Å². The molecule has 1 N–H and O–H groups in total. The molecule has 5 nitrogen and oxygen atoms in total. The van der Waals surface area contributed by atoms with Crippen LogP contribution in [0, 0.1) is 5.41 Å². The number of rotatable bonds is 8. The SMILES string of the molecule is CCN(CC)C(=O)C(C)(C)C(=O)NCCc1ccccc1OC. The van der Waals surface area contributed by atoms with Crippen LogP contribution in [0.1, 0.15) is 33.3 Å². The molecule has 0 aliphatic heterocycles. The second kappa shape index (κ2) is 8.56. The van der Waals surface area contributed by atoms with E-state index in [-0.39, 0.29) is 11.8 Å². The van der Waals surface area contributed by atoms with Gasteiger partial charge in [0.25, 0.3) is 0 Å². The zero-order valence-electron chi connectivity index (χ0n) is 14.8. The molecule has 1 aromatic carbocycles. The summed E-state index contributed by atoms with van der Waals surface area (Å²) in [5.74, 6) is 0.418. The highest BCUT2D eigenvalue weighted by Gasteiger charge is 2.38. The standard InChI is InChI=1S/C18H28N2O3/c1-6-20(7-2)17(22)18(3,4)16(21)19-13-12-14-10-8-9-11-15(14)23-5/h8-11H,6-7,12-13H2,1-5H3,(H,19,21). The van der Waals surface area contributed by atoms with Gasteiger partial charge in [-0.2, -0.15) is 0 Å². The van der Waals surface area contributed by atoms with Crippen LogP contribution in [0.5, 0.6) is 5.75 Å². The summed E-state index contributed by atoms with van der Waals surface area (Å²) < 4.78 is 5.30. The van der Waals surface area contributed by atoms with Gasteiger partial charge >= 0.3 is 0 Å². The van der Waals surface area contributed by atoms with E-state index in [0.29, 0.717) is 26.1 Å². The van der Waals surface area contributed by atoms with E-state index < -0.39 is 5.41 Å². The van der Waals surface area contributed by atoms with Crippen LogP contribution < -0.4 is 10.1 Å². The minimum atomic E-state index is -1.06. The van der Waals surface area contributed by atoms with Crippen LogP contribution in [0.15, 0.2) is 24.3 Å². The topological polar surface area (TPSA) is 58.6 Å². The molecular weight excluding hydrogens is 292 g/mol. The van der Waals surface area contributed by atoms with Gasteiger partial charge in [0, 0.05) is 19.6 Å². The number of para-hydroxylation sites is 1. The molecule has 0 atom stereocenters. The fourth-order valence-corrected chi connectivity index (χ4v) is 2.44. The van der Waals surface area contributed by atoms with E-state index in [0.717, 1.165) is 11.3 Å². The van der Waals surface area contributed by atoms with Crippen LogP contribution in [0.2, 0.25) is 0 Å². The van der Waals surface area contributed by atoms with Gasteiger partial charge in [0.05, 0.1) is 7.11 Å². The lowest BCUT2D eigenvalue weighted by Gasteiger charge is -2.29. The molecule has 0 unspecified atom stereocenters. The van der Waals surface area contributed by atoms with Crippen molar-refractivity contribution in [3.05, 3.63) is 29.8 Å². The van der Waals surface area contributed by atoms with Crippen LogP contribution in [0.3, 0.4) is 0 Å². The first-order valence-electron chi connectivity index (χ1n) is 8.08. The Morgan fingerprint density at radius 2 is 1.78 bits per heavy atom. The van der Waals surface area contributed by atoms with Gasteiger partial charge < -0.3 is 15.0 Å². The van der Waals surface area contributed by atoms with Gasteiger partial charge in [0.2, 0.25) is 11.8 Å². The molecule has 128 valence electrons. The smallest absolute Gasteiger partial charge is 0.237 e. The van der Waals surface area contributed by atoms with Crippen LogP contribution >= 0.6 is 0 Å². The molecule has 0 spiro atoms. The maximum atomic E-state index is 12.4. The summed E-state index contributed by atoms with van der Waals surface area (Å²) in [6, 6.07) is 7.71. The van der Waals surface area contributed by atoms with Crippen molar-refractivity contribution in [2.24, 2.45) is 5.41 Å². The number of nitrogens with zero attached hydrogens (tertiary/aromatic N) is 1. The van der Waals surface area contributed by atoms with E-state index in [4.69, 9.17) is 4.74 Å². The third-order valence-electron chi connectivity index (χ3n) is 4.03. The monoisotopic (exact) mass is 320 g/mol. The van der Waals surface area contributed by atoms with Crippen LogP contribution in [-0.4, -0.2) is 43.5 Å². The van der Waals surface area contributed by atoms with Gasteiger partial charge in [-0.1, -0.05) is 18.2 Å². The van der Waals surface area contributed by atoms with Gasteiger partial charge in [0.15, 0.2) is 0 Å². The Balaban J connectivity index is 2.63. The normalized spacial score (nSPS) is 11.0. The number of hydrogen-bond donors (Lipinski definition) is 1. The Morgan fingerprint density at radius 1 is 1.17 bits per heavy atom. The van der Waals surface area contributed by atoms with Crippen LogP contribution in [0.4, 0.5) is 0 Å². The summed E-state index contributed by atoms with van der Waals surface area (Å²) >= 11 is 0. The Bertz CT molecular complexity index is 537. The molecule has 0 aliphatic carbocycles. The molecule has 0 radical (unpaired) electrons. The van der Waals surface area contributed by atoms with Gasteiger partial charge in [-0.05, 0) is 45.7 Å². The molecule has 0 saturated carbocycles. The van der Waals surface area contributed by atoms with Crippen molar-refractivity contribution in [3.63, 3.8) is 0 Å². The molecule has 23 heavy (non-hydrogen) atoms. The predicted molar refractivity (Wildman–Crippen MR) is 91.4 cm³/mol. The number of amides is 2. The molecule has 0 bridgehead atoms. The van der Waals surface area contributed by atoms with E-state index in [1.807, 2.05) is 38.1 Å². The van der Waals surface area contributed by atoms with Crippen LogP contribution in [-0.2, 0) is 16.0 Å². The van der Waals surface area contributed by atoms with Crippen LogP contribution in [0.25, 0.3) is 0 Å². The van der Waals surface area contributed by atoms with Crippen molar-refractivity contribution in [1.82, 2.24) is 10.2 Å². The van der Waals surface area contributed by atoms with Crippen molar-refractivity contribution < 1.29 is 14.3 Å². The van der Waals surface area contributed by atoms with Gasteiger partial charge in [0.1, 0.15) is 11.2 Å². The van der Waals surface area contributed by atoms with E-state index >= 15 is 0 Å². The van der Waals surface area contributed by atoms with Gasteiger partial charge in [-0.15, -0.1) is 0 Å². The summed E-state index contributed by atoms with van der Waals surface area (Å²) in [5, 5.41) is 2.86. The minimum Gasteiger partial charge on any atom is -0.496 e. The number of benzene rings is 1. The van der Waals surface area contributed by atoms with Gasteiger partial charge in [-0.25, -0.2) is 0 Å². The summed E-state index contributed by atoms with van der Waals surface area (Å²) in [7, 11) is 1.63. The molecule has 1 aromatic rings. The molecule has 5 heteroatoms. The Labute approximate surface area is 139 Å². The quantitative estimate of drug-likeness (QED) is 0.747. The fraction of sp³-hybridized carbons (Fsp3) is 0.556. The first-order chi connectivity index (χ1) is 10.9. The average molecular weight is 320 g/mol. The molecule has 0 aliphatic rings. The Morgan fingerprint density at radius 3 is 2.35 bits per heavy atom. The van der Waals surface area contributed by atoms with Crippen molar-refractivity contribution in [2.45, 2.75) is 34.1 Å². The molecule has 2 amide bonds. The predicted octanol–water partition coefficient (Wildman–Crippen LogP) is 2.25. The summed E-state index contributed by atoms with van der Waals surface area (Å²) in [6.07, 6.45) is 0.658. The highest BCUT2D eigenvalue weighted by atomic mass is 16.5. The first-order valence-corrected chi connectivity index (χ1v) is 8.08. The Hall–Kier alpha value is -2.04. The zero-order chi connectivity index (χ0) is 17.5. The first kappa shape index (κ1) is 19.0. The molecule has 0 fully saturated rings. The number of nitrogens with one attached hydrogen (secondary N) is 1. The maximum absolute atomic E-state index is 12.4. The maximum Gasteiger partial charge on any atom is 0.237 e. The fourth-order valence-electron chi connectivity index (χ4n) is 2.44. The summed E-state index contributed by atoms with van der Waals surface area (Å²) in [6.45, 7) is 8.85. The number of ether oxygens (including phenoxy) is 1. The van der Waals surface area contributed by atoms with E-state index in [2.05, 4.69) is 5.32 Å². The minimum absolute atomic E-state index is 0.141. The van der Waals surface area contributed by atoms with Crippen molar-refractivity contribution in [3.8, 4) is 5.75 Å². The zero-order valence-corrected chi connectivity index (χ0v) is 14.8. The summed E-state index contributed by atoms with van der Waals surface area (Å²) in [4.78, 5) is 26.5. The second-order valence-corrected chi connectivity index (χ2v) is 5.92. The Kier molecular flexibility index (Phi) is 7.07. The lowest BCUT2D eigenvalue weighted by Crippen LogP contribution is -2.49. The lowest BCUT2D eigenvalue weighted by molar-refractivity contribution is -0.148. The molecule has 0 aromatic heterocycles. The number of hydrogen-bond acceptors (Lipinski definition) is 3. The number of carbonyl (C=O) groups is 2. The largest absolute Gasteiger partial charge is 0.496 e. The van der Waals surface area contributed by atoms with Crippen molar-refractivity contribution in [2.75, 3.05) is 26.7 Å². The number of methoxy groups -OCH3 is 1. The number of carbonyl (C=O) groups excluding carboxylic acids is 2. The average Bonchev–Trinajstić information content (AvgIpc) is 2.56. The van der Waals surface area contributed by atoms with Gasteiger partial charge in [-0.3, -0.25) is 9.59 Å². The molecular formula is C18H28N2O3. The van der Waals surface area contributed by atoms with Crippen molar-refractivity contribution >= 4 is 11.8 Å². The van der Waals surface area contributed by atoms with E-state index in [9.17, 15) is 9.59 Å². The molecule has 0 heterocycles. The summed E-state index contributed by atoms with van der Waals surface area (Å²) in [5.41, 5.74) is -0.0320. The highest BCUT2D eigenvalue weighted by molar-refractivity contribution is 6.04. The molecule has 1 rings (SSSR count). The second-order valence-electron chi connectivity index (χ2n) is 5.92. The third-order valence-corrected chi connectivity index (χ3v) is 4.03. The lowest BCUT2D eigenvalue weighted by atomic mass is 9.90. The molecule has 0 saturated heterocycles. The third kappa shape index (κ3) is 4.71.